The number of nitrogens with zero attached hydrogens (tertiary/aromatic N) is 3. The molecule has 1 aromatic heterocycles. The van der Waals surface area contributed by atoms with Crippen LogP contribution in [0.4, 0.5) is 4.39 Å². The molecule has 2 fully saturated rings. The third kappa shape index (κ3) is 2.75. The van der Waals surface area contributed by atoms with Crippen LogP contribution in [0.2, 0.25) is 0 Å². The molecule has 0 amide bonds. The van der Waals surface area contributed by atoms with E-state index in [0.29, 0.717) is 11.5 Å². The van der Waals surface area contributed by atoms with Gasteiger partial charge >= 0.3 is 0 Å². The third-order valence-corrected chi connectivity index (χ3v) is 5.03. The Labute approximate surface area is 129 Å². The number of fused-ring (bicyclic) bond motifs is 1. The normalized spacial score (nSPS) is 21.9. The zero-order valence-corrected chi connectivity index (χ0v) is 12.8. The number of piperidine rings is 1. The van der Waals surface area contributed by atoms with E-state index in [0.717, 1.165) is 43.7 Å². The van der Waals surface area contributed by atoms with Gasteiger partial charge in [-0.3, -0.25) is 9.80 Å². The van der Waals surface area contributed by atoms with E-state index in [-0.39, 0.29) is 5.82 Å². The molecule has 2 saturated heterocycles. The number of benzene rings is 1. The maximum absolute atomic E-state index is 13.2. The van der Waals surface area contributed by atoms with E-state index in [4.69, 9.17) is 4.52 Å². The minimum absolute atomic E-state index is 0.268. The van der Waals surface area contributed by atoms with Crippen LogP contribution < -0.4 is 0 Å². The molecule has 0 atom stereocenters. The Hall–Kier alpha value is -1.46. The molecular formula is C17H22FN3O. The second-order valence-corrected chi connectivity index (χ2v) is 6.57. The maximum atomic E-state index is 13.2. The molecule has 22 heavy (non-hydrogen) atoms. The van der Waals surface area contributed by atoms with Crippen molar-refractivity contribution in [1.82, 2.24) is 15.0 Å². The molecule has 2 aliphatic rings. The standard InChI is InChI=1S/C17H22FN3O/c18-14-3-4-15-16(11-14)22-19-17(15)13-5-9-21(10-6-13)12-20-7-1-2-8-20/h3-4,11,13H,1-2,5-10,12H2. The van der Waals surface area contributed by atoms with E-state index in [2.05, 4.69) is 15.0 Å². The minimum Gasteiger partial charge on any atom is -0.356 e. The summed E-state index contributed by atoms with van der Waals surface area (Å²) in [5.41, 5.74) is 1.57. The van der Waals surface area contributed by atoms with Crippen LogP contribution >= 0.6 is 0 Å². The highest BCUT2D eigenvalue weighted by Crippen LogP contribution is 2.32. The second kappa shape index (κ2) is 5.97. The summed E-state index contributed by atoms with van der Waals surface area (Å²) in [6.45, 7) is 5.82. The summed E-state index contributed by atoms with van der Waals surface area (Å²) >= 11 is 0. The molecule has 0 saturated carbocycles. The van der Waals surface area contributed by atoms with Crippen LogP contribution in [0.25, 0.3) is 11.0 Å². The molecule has 0 bridgehead atoms. The van der Waals surface area contributed by atoms with Gasteiger partial charge in [0.25, 0.3) is 0 Å². The topological polar surface area (TPSA) is 32.5 Å². The first-order valence-electron chi connectivity index (χ1n) is 8.29. The molecule has 4 nitrogen and oxygen atoms in total. The molecule has 2 aliphatic heterocycles. The van der Waals surface area contributed by atoms with Crippen LogP contribution in [0.15, 0.2) is 22.7 Å². The quantitative estimate of drug-likeness (QED) is 0.871. The van der Waals surface area contributed by atoms with Crippen molar-refractivity contribution in [2.24, 2.45) is 0 Å². The van der Waals surface area contributed by atoms with Gasteiger partial charge in [-0.15, -0.1) is 0 Å². The van der Waals surface area contributed by atoms with Gasteiger partial charge in [0.2, 0.25) is 0 Å². The average Bonchev–Trinajstić information content (AvgIpc) is 3.17. The summed E-state index contributed by atoms with van der Waals surface area (Å²) in [4.78, 5) is 5.10. The van der Waals surface area contributed by atoms with Gasteiger partial charge < -0.3 is 4.52 Å². The lowest BCUT2D eigenvalue weighted by Crippen LogP contribution is -2.40. The predicted molar refractivity (Wildman–Crippen MR) is 83.2 cm³/mol. The molecule has 0 unspecified atom stereocenters. The third-order valence-electron chi connectivity index (χ3n) is 5.03. The number of aromatic nitrogens is 1. The largest absolute Gasteiger partial charge is 0.356 e. The molecular weight excluding hydrogens is 281 g/mol. The van der Waals surface area contributed by atoms with E-state index in [1.165, 1.54) is 38.1 Å². The van der Waals surface area contributed by atoms with Gasteiger partial charge in [-0.05, 0) is 50.9 Å². The second-order valence-electron chi connectivity index (χ2n) is 6.57. The molecule has 3 heterocycles. The zero-order chi connectivity index (χ0) is 14.9. The Balaban J connectivity index is 1.42. The smallest absolute Gasteiger partial charge is 0.170 e. The fourth-order valence-corrected chi connectivity index (χ4v) is 3.78. The molecule has 0 spiro atoms. The number of hydrogen-bond acceptors (Lipinski definition) is 4. The lowest BCUT2D eigenvalue weighted by atomic mass is 9.92. The number of halogens is 1. The van der Waals surface area contributed by atoms with Gasteiger partial charge in [-0.25, -0.2) is 4.39 Å². The van der Waals surface area contributed by atoms with E-state index in [1.807, 2.05) is 0 Å². The highest BCUT2D eigenvalue weighted by atomic mass is 19.1. The van der Waals surface area contributed by atoms with Gasteiger partial charge in [-0.1, -0.05) is 5.16 Å². The zero-order valence-electron chi connectivity index (χ0n) is 12.8. The Morgan fingerprint density at radius 3 is 2.59 bits per heavy atom. The van der Waals surface area contributed by atoms with Crippen molar-refractivity contribution in [2.75, 3.05) is 32.8 Å². The summed E-state index contributed by atoms with van der Waals surface area (Å²) < 4.78 is 18.5. The molecule has 0 aliphatic carbocycles. The molecule has 0 N–H and O–H groups in total. The Kier molecular flexibility index (Phi) is 3.84. The van der Waals surface area contributed by atoms with Crippen LogP contribution in [-0.2, 0) is 0 Å². The Bertz CT molecular complexity index is 642. The molecule has 2 aromatic rings. The average molecular weight is 303 g/mol. The highest BCUT2D eigenvalue weighted by Gasteiger charge is 2.26. The van der Waals surface area contributed by atoms with Gasteiger partial charge in [0.05, 0.1) is 12.4 Å². The summed E-state index contributed by atoms with van der Waals surface area (Å²) in [6.07, 6.45) is 4.90. The summed E-state index contributed by atoms with van der Waals surface area (Å²) in [5.74, 6) is 0.164. The van der Waals surface area contributed by atoms with Crippen molar-refractivity contribution in [3.8, 4) is 0 Å². The molecule has 5 heteroatoms. The summed E-state index contributed by atoms with van der Waals surface area (Å²) in [7, 11) is 0. The Morgan fingerprint density at radius 2 is 1.82 bits per heavy atom. The Morgan fingerprint density at radius 1 is 1.09 bits per heavy atom. The molecule has 1 aromatic carbocycles. The molecule has 4 rings (SSSR count). The molecule has 118 valence electrons. The van der Waals surface area contributed by atoms with Gasteiger partial charge in [0.1, 0.15) is 5.82 Å². The van der Waals surface area contributed by atoms with Crippen molar-refractivity contribution < 1.29 is 8.91 Å². The van der Waals surface area contributed by atoms with Crippen molar-refractivity contribution in [3.63, 3.8) is 0 Å². The lowest BCUT2D eigenvalue weighted by Gasteiger charge is -2.33. The van der Waals surface area contributed by atoms with Crippen LogP contribution in [0.3, 0.4) is 0 Å². The maximum Gasteiger partial charge on any atom is 0.170 e. The summed E-state index contributed by atoms with van der Waals surface area (Å²) in [5, 5.41) is 5.19. The van der Waals surface area contributed by atoms with Gasteiger partial charge in [0, 0.05) is 30.5 Å². The summed E-state index contributed by atoms with van der Waals surface area (Å²) in [6, 6.07) is 4.72. The molecule has 0 radical (unpaired) electrons. The van der Waals surface area contributed by atoms with Crippen molar-refractivity contribution >= 4 is 11.0 Å². The number of rotatable bonds is 3. The first kappa shape index (κ1) is 14.2. The number of hydrogen-bond donors (Lipinski definition) is 0. The van der Waals surface area contributed by atoms with Crippen LogP contribution in [0, 0.1) is 5.82 Å². The van der Waals surface area contributed by atoms with Gasteiger partial charge in [-0.2, -0.15) is 0 Å². The lowest BCUT2D eigenvalue weighted by molar-refractivity contribution is 0.123. The van der Waals surface area contributed by atoms with Crippen LogP contribution in [0.5, 0.6) is 0 Å². The first-order chi connectivity index (χ1) is 10.8. The SMILES string of the molecule is Fc1ccc2c(C3CCN(CN4CCCC4)CC3)noc2c1. The van der Waals surface area contributed by atoms with Crippen molar-refractivity contribution in [1.29, 1.82) is 0 Å². The predicted octanol–water partition coefficient (Wildman–Crippen LogP) is 3.20. The van der Waals surface area contributed by atoms with E-state index in [9.17, 15) is 4.39 Å². The van der Waals surface area contributed by atoms with Crippen molar-refractivity contribution in [3.05, 3.63) is 29.7 Å². The number of likely N-dealkylation sites (tertiary alicyclic amines) is 2. The monoisotopic (exact) mass is 303 g/mol. The van der Waals surface area contributed by atoms with E-state index >= 15 is 0 Å². The van der Waals surface area contributed by atoms with Crippen LogP contribution in [0.1, 0.15) is 37.3 Å². The van der Waals surface area contributed by atoms with E-state index in [1.54, 1.807) is 6.07 Å². The highest BCUT2D eigenvalue weighted by molar-refractivity contribution is 5.79. The van der Waals surface area contributed by atoms with E-state index < -0.39 is 0 Å². The van der Waals surface area contributed by atoms with Crippen molar-refractivity contribution in [2.45, 2.75) is 31.6 Å². The van der Waals surface area contributed by atoms with Gasteiger partial charge in [0.15, 0.2) is 5.58 Å². The minimum atomic E-state index is -0.268. The first-order valence-corrected chi connectivity index (χ1v) is 8.29. The fourth-order valence-electron chi connectivity index (χ4n) is 3.78. The fraction of sp³-hybridized carbons (Fsp3) is 0.588. The van der Waals surface area contributed by atoms with Crippen LogP contribution in [-0.4, -0.2) is 47.8 Å².